The molecule has 1 N–H and O–H groups in total. The van der Waals surface area contributed by atoms with Gasteiger partial charge in [0.1, 0.15) is 5.82 Å². The van der Waals surface area contributed by atoms with E-state index < -0.39 is 11.7 Å². The molecular formula is C11H14Cl2F3N3. The van der Waals surface area contributed by atoms with Crippen molar-refractivity contribution in [3.63, 3.8) is 0 Å². The average Bonchev–Trinajstić information content (AvgIpc) is 2.80. The van der Waals surface area contributed by atoms with Crippen molar-refractivity contribution in [2.24, 2.45) is 0 Å². The summed E-state index contributed by atoms with van der Waals surface area (Å²) in [5.74, 6) is 0.387. The van der Waals surface area contributed by atoms with Crippen LogP contribution in [0.15, 0.2) is 12.3 Å². The van der Waals surface area contributed by atoms with Crippen molar-refractivity contribution in [2.75, 3.05) is 25.0 Å². The van der Waals surface area contributed by atoms with E-state index in [1.807, 2.05) is 4.90 Å². The monoisotopic (exact) mass is 315 g/mol. The van der Waals surface area contributed by atoms with E-state index in [0.717, 1.165) is 31.8 Å². The highest BCUT2D eigenvalue weighted by Gasteiger charge is 2.32. The van der Waals surface area contributed by atoms with Crippen LogP contribution in [0.4, 0.5) is 19.0 Å². The van der Waals surface area contributed by atoms with Crippen LogP contribution >= 0.6 is 24.0 Å². The summed E-state index contributed by atoms with van der Waals surface area (Å²) in [6, 6.07) is 1.13. The van der Waals surface area contributed by atoms with E-state index in [9.17, 15) is 13.2 Å². The van der Waals surface area contributed by atoms with Crippen molar-refractivity contribution in [1.82, 2.24) is 10.3 Å². The zero-order valence-electron chi connectivity index (χ0n) is 10.2. The Labute approximate surface area is 120 Å². The zero-order chi connectivity index (χ0) is 13.3. The minimum absolute atomic E-state index is 0. The average molecular weight is 316 g/mol. The van der Waals surface area contributed by atoms with Crippen molar-refractivity contribution in [3.8, 4) is 0 Å². The molecule has 0 aromatic carbocycles. The molecule has 1 aromatic rings. The lowest BCUT2D eigenvalue weighted by Gasteiger charge is -2.26. The van der Waals surface area contributed by atoms with Gasteiger partial charge in [0.05, 0.1) is 10.6 Å². The Morgan fingerprint density at radius 3 is 2.63 bits per heavy atom. The number of aromatic nitrogens is 1. The molecule has 1 atom stereocenters. The molecule has 0 unspecified atom stereocenters. The van der Waals surface area contributed by atoms with Gasteiger partial charge in [-0.05, 0) is 19.0 Å². The molecule has 2 heterocycles. The second kappa shape index (κ2) is 6.15. The number of likely N-dealkylation sites (N-methyl/N-ethyl adjacent to an activating group) is 1. The number of nitrogens with zero attached hydrogens (tertiary/aromatic N) is 2. The molecule has 108 valence electrons. The molecule has 0 radical (unpaired) electrons. The lowest BCUT2D eigenvalue weighted by atomic mass is 10.2. The van der Waals surface area contributed by atoms with E-state index in [1.165, 1.54) is 0 Å². The van der Waals surface area contributed by atoms with Crippen LogP contribution in [0, 0.1) is 0 Å². The maximum Gasteiger partial charge on any atom is 0.417 e. The third kappa shape index (κ3) is 3.64. The van der Waals surface area contributed by atoms with Crippen LogP contribution in [0.3, 0.4) is 0 Å². The van der Waals surface area contributed by atoms with Crippen LogP contribution in [0.25, 0.3) is 0 Å². The number of hydrogen-bond acceptors (Lipinski definition) is 3. The highest BCUT2D eigenvalue weighted by Crippen LogP contribution is 2.33. The van der Waals surface area contributed by atoms with Crippen LogP contribution in [0.5, 0.6) is 0 Å². The van der Waals surface area contributed by atoms with E-state index in [0.29, 0.717) is 5.82 Å². The summed E-state index contributed by atoms with van der Waals surface area (Å²) in [6.07, 6.45) is -2.67. The third-order valence-electron chi connectivity index (χ3n) is 3.07. The molecule has 8 heteroatoms. The van der Waals surface area contributed by atoms with Crippen LogP contribution in [-0.4, -0.2) is 31.2 Å². The fraction of sp³-hybridized carbons (Fsp3) is 0.545. The second-order valence-electron chi connectivity index (χ2n) is 4.28. The zero-order valence-corrected chi connectivity index (χ0v) is 11.7. The molecule has 1 saturated heterocycles. The van der Waals surface area contributed by atoms with Gasteiger partial charge >= 0.3 is 6.18 Å². The van der Waals surface area contributed by atoms with E-state index in [2.05, 4.69) is 10.3 Å². The molecule has 1 fully saturated rings. The van der Waals surface area contributed by atoms with Crippen molar-refractivity contribution in [3.05, 3.63) is 22.8 Å². The SMILES string of the molecule is CN(c1ncc(C(F)(F)F)cc1Cl)[C@H]1CCNC1.Cl. The highest BCUT2D eigenvalue weighted by atomic mass is 35.5. The molecule has 0 saturated carbocycles. The summed E-state index contributed by atoms with van der Waals surface area (Å²) in [7, 11) is 1.79. The second-order valence-corrected chi connectivity index (χ2v) is 4.69. The van der Waals surface area contributed by atoms with Crippen molar-refractivity contribution < 1.29 is 13.2 Å². The maximum absolute atomic E-state index is 12.5. The lowest BCUT2D eigenvalue weighted by molar-refractivity contribution is -0.137. The Morgan fingerprint density at radius 1 is 1.47 bits per heavy atom. The van der Waals surface area contributed by atoms with Gasteiger partial charge in [-0.15, -0.1) is 12.4 Å². The van der Waals surface area contributed by atoms with Crippen LogP contribution in [0.2, 0.25) is 5.02 Å². The van der Waals surface area contributed by atoms with Crippen LogP contribution in [-0.2, 0) is 6.18 Å². The van der Waals surface area contributed by atoms with Gasteiger partial charge < -0.3 is 10.2 Å². The topological polar surface area (TPSA) is 28.2 Å². The van der Waals surface area contributed by atoms with E-state index in [1.54, 1.807) is 7.05 Å². The molecule has 0 aliphatic carbocycles. The number of pyridine rings is 1. The summed E-state index contributed by atoms with van der Waals surface area (Å²) >= 11 is 5.88. The van der Waals surface area contributed by atoms with Gasteiger partial charge in [0, 0.05) is 25.8 Å². The fourth-order valence-corrected chi connectivity index (χ4v) is 2.29. The molecule has 19 heavy (non-hydrogen) atoms. The fourth-order valence-electron chi connectivity index (χ4n) is 1.99. The normalized spacial score (nSPS) is 19.1. The van der Waals surface area contributed by atoms with Crippen molar-refractivity contribution >= 4 is 29.8 Å². The van der Waals surface area contributed by atoms with E-state index in [4.69, 9.17) is 11.6 Å². The molecule has 0 amide bonds. The first-order chi connectivity index (χ1) is 8.39. The number of anilines is 1. The molecule has 3 nitrogen and oxygen atoms in total. The number of hydrogen-bond donors (Lipinski definition) is 1. The van der Waals surface area contributed by atoms with Gasteiger partial charge in [-0.25, -0.2) is 4.98 Å². The summed E-state index contributed by atoms with van der Waals surface area (Å²) in [5.41, 5.74) is -0.825. The van der Waals surface area contributed by atoms with Gasteiger partial charge in [-0.3, -0.25) is 0 Å². The quantitative estimate of drug-likeness (QED) is 0.909. The number of nitrogens with one attached hydrogen (secondary N) is 1. The van der Waals surface area contributed by atoms with Gasteiger partial charge in [0.15, 0.2) is 0 Å². The molecule has 1 aliphatic rings. The van der Waals surface area contributed by atoms with Gasteiger partial charge in [-0.2, -0.15) is 13.2 Å². The van der Waals surface area contributed by atoms with Crippen molar-refractivity contribution in [1.29, 1.82) is 0 Å². The molecular weight excluding hydrogens is 302 g/mol. The molecule has 0 spiro atoms. The summed E-state index contributed by atoms with van der Waals surface area (Å²) < 4.78 is 37.4. The summed E-state index contributed by atoms with van der Waals surface area (Å²) in [6.45, 7) is 1.68. The molecule has 2 rings (SSSR count). The highest BCUT2D eigenvalue weighted by molar-refractivity contribution is 6.33. The van der Waals surface area contributed by atoms with Crippen LogP contribution < -0.4 is 10.2 Å². The van der Waals surface area contributed by atoms with Gasteiger partial charge in [0.2, 0.25) is 0 Å². The van der Waals surface area contributed by atoms with Crippen molar-refractivity contribution in [2.45, 2.75) is 18.6 Å². The summed E-state index contributed by atoms with van der Waals surface area (Å²) in [5, 5.41) is 3.21. The third-order valence-corrected chi connectivity index (χ3v) is 3.34. The number of alkyl halides is 3. The van der Waals surface area contributed by atoms with E-state index in [-0.39, 0.29) is 23.5 Å². The van der Waals surface area contributed by atoms with E-state index >= 15 is 0 Å². The Balaban J connectivity index is 0.00000180. The van der Waals surface area contributed by atoms with Gasteiger partial charge in [-0.1, -0.05) is 11.6 Å². The summed E-state index contributed by atoms with van der Waals surface area (Å²) in [4.78, 5) is 5.66. The molecule has 1 aromatic heterocycles. The van der Waals surface area contributed by atoms with Crippen LogP contribution in [0.1, 0.15) is 12.0 Å². The maximum atomic E-state index is 12.5. The Kier molecular flexibility index (Phi) is 5.29. The number of rotatable bonds is 2. The first-order valence-electron chi connectivity index (χ1n) is 5.56. The minimum atomic E-state index is -4.41. The van der Waals surface area contributed by atoms with Gasteiger partial charge in [0.25, 0.3) is 0 Å². The molecule has 1 aliphatic heterocycles. The minimum Gasteiger partial charge on any atom is -0.354 e. The first kappa shape index (κ1) is 16.3. The lowest BCUT2D eigenvalue weighted by Crippen LogP contribution is -2.34. The predicted octanol–water partition coefficient (Wildman–Crippen LogP) is 2.97. The number of halogens is 5. The first-order valence-corrected chi connectivity index (χ1v) is 5.93. The Hall–Kier alpha value is -0.720. The standard InChI is InChI=1S/C11H13ClF3N3.ClH/c1-18(8-2-3-16-6-8)10-9(12)4-7(5-17-10)11(13,14)15;/h4-5,8,16H,2-3,6H2,1H3;1H/t8-;/m0./s1. The Bertz CT molecular complexity index is 434. The smallest absolute Gasteiger partial charge is 0.354 e. The predicted molar refractivity (Wildman–Crippen MR) is 71.2 cm³/mol. The largest absolute Gasteiger partial charge is 0.417 e. The molecule has 0 bridgehead atoms. The Morgan fingerprint density at radius 2 is 2.16 bits per heavy atom.